The highest BCUT2D eigenvalue weighted by Crippen LogP contribution is 2.18. The van der Waals surface area contributed by atoms with Crippen molar-refractivity contribution in [2.75, 3.05) is 25.5 Å². The quantitative estimate of drug-likeness (QED) is 0.876. The fourth-order valence-electron chi connectivity index (χ4n) is 1.77. The van der Waals surface area contributed by atoms with Crippen LogP contribution < -0.4 is 10.6 Å². The van der Waals surface area contributed by atoms with Crippen molar-refractivity contribution >= 4 is 11.7 Å². The van der Waals surface area contributed by atoms with Gasteiger partial charge in [0.25, 0.3) is 0 Å². The third-order valence-corrected chi connectivity index (χ3v) is 3.13. The molecule has 0 heterocycles. The van der Waals surface area contributed by atoms with E-state index in [1.165, 1.54) is 6.92 Å². The van der Waals surface area contributed by atoms with Crippen LogP contribution in [0.1, 0.15) is 25.5 Å². The average Bonchev–Trinajstić information content (AvgIpc) is 2.43. The molecule has 7 heteroatoms. The van der Waals surface area contributed by atoms with E-state index < -0.39 is 18.8 Å². The van der Waals surface area contributed by atoms with Crippen LogP contribution in [0.4, 0.5) is 23.7 Å². The Balaban J connectivity index is 2.69. The molecule has 1 aromatic carbocycles. The van der Waals surface area contributed by atoms with Gasteiger partial charge in [-0.15, -0.1) is 0 Å². The Morgan fingerprint density at radius 1 is 1.29 bits per heavy atom. The van der Waals surface area contributed by atoms with Crippen molar-refractivity contribution < 1.29 is 18.0 Å². The summed E-state index contributed by atoms with van der Waals surface area (Å²) >= 11 is 0. The number of alkyl halides is 3. The predicted molar refractivity (Wildman–Crippen MR) is 76.2 cm³/mol. The molecule has 0 saturated heterocycles. The molecule has 0 aromatic heterocycles. The van der Waals surface area contributed by atoms with Gasteiger partial charge in [0.2, 0.25) is 0 Å². The topological polar surface area (TPSA) is 44.4 Å². The number of hydrogen-bond acceptors (Lipinski definition) is 2. The summed E-state index contributed by atoms with van der Waals surface area (Å²) in [6, 6.07) is 6.37. The number of urea groups is 1. The summed E-state index contributed by atoms with van der Waals surface area (Å²) in [4.78, 5) is 12.5. The Kier molecular flexibility index (Phi) is 6.02. The fourth-order valence-corrected chi connectivity index (χ4v) is 1.77. The van der Waals surface area contributed by atoms with Gasteiger partial charge >= 0.3 is 12.2 Å². The molecule has 0 fully saturated rings. The molecule has 0 aliphatic heterocycles. The van der Waals surface area contributed by atoms with Gasteiger partial charge in [-0.05, 0) is 38.6 Å². The highest BCUT2D eigenvalue weighted by Gasteiger charge is 2.32. The first-order valence-corrected chi connectivity index (χ1v) is 6.66. The van der Waals surface area contributed by atoms with Gasteiger partial charge in [-0.2, -0.15) is 13.2 Å². The number of nitrogens with zero attached hydrogens (tertiary/aromatic N) is 1. The molecule has 0 saturated carbocycles. The maximum atomic E-state index is 12.3. The monoisotopic (exact) mass is 303 g/mol. The average molecular weight is 303 g/mol. The van der Waals surface area contributed by atoms with Crippen LogP contribution in [0.3, 0.4) is 0 Å². The maximum Gasteiger partial charge on any atom is 0.406 e. The molecule has 1 unspecified atom stereocenters. The lowest BCUT2D eigenvalue weighted by molar-refractivity contribution is -0.139. The molecule has 21 heavy (non-hydrogen) atoms. The van der Waals surface area contributed by atoms with Crippen LogP contribution in [0.5, 0.6) is 0 Å². The minimum absolute atomic E-state index is 0.0137. The number of halogens is 3. The summed E-state index contributed by atoms with van der Waals surface area (Å²) in [5, 5.41) is 5.54. The molecule has 1 rings (SSSR count). The number of rotatable bonds is 5. The number of benzene rings is 1. The summed E-state index contributed by atoms with van der Waals surface area (Å²) in [5.41, 5.74) is 1.49. The molecule has 0 aliphatic carbocycles. The van der Waals surface area contributed by atoms with E-state index in [0.29, 0.717) is 10.6 Å². The van der Waals surface area contributed by atoms with E-state index >= 15 is 0 Å². The van der Waals surface area contributed by atoms with E-state index in [9.17, 15) is 18.0 Å². The van der Waals surface area contributed by atoms with Crippen LogP contribution in [0.25, 0.3) is 0 Å². The Hall–Kier alpha value is -1.76. The SMILES string of the molecule is CCN(CC(F)(F)F)C(=O)Nc1ccc(C(C)NC)cc1. The van der Waals surface area contributed by atoms with Gasteiger partial charge in [0.15, 0.2) is 0 Å². The summed E-state index contributed by atoms with van der Waals surface area (Å²) in [5.74, 6) is 0. The smallest absolute Gasteiger partial charge is 0.316 e. The largest absolute Gasteiger partial charge is 0.406 e. The highest BCUT2D eigenvalue weighted by molar-refractivity contribution is 5.89. The number of carbonyl (C=O) groups excluding carboxylic acids is 1. The van der Waals surface area contributed by atoms with E-state index in [2.05, 4.69) is 10.6 Å². The van der Waals surface area contributed by atoms with Crippen molar-refractivity contribution in [2.45, 2.75) is 26.1 Å². The van der Waals surface area contributed by atoms with E-state index in [-0.39, 0.29) is 12.6 Å². The van der Waals surface area contributed by atoms with Crippen LogP contribution in [-0.4, -0.2) is 37.2 Å². The van der Waals surface area contributed by atoms with Crippen LogP contribution in [-0.2, 0) is 0 Å². The molecular weight excluding hydrogens is 283 g/mol. The third-order valence-electron chi connectivity index (χ3n) is 3.13. The van der Waals surface area contributed by atoms with Gasteiger partial charge in [0.05, 0.1) is 0 Å². The molecule has 4 nitrogen and oxygen atoms in total. The van der Waals surface area contributed by atoms with Crippen LogP contribution >= 0.6 is 0 Å². The van der Waals surface area contributed by atoms with Crippen LogP contribution in [0.2, 0.25) is 0 Å². The second kappa shape index (κ2) is 7.31. The van der Waals surface area contributed by atoms with Gasteiger partial charge in [-0.1, -0.05) is 12.1 Å². The Labute approximate surface area is 122 Å². The minimum Gasteiger partial charge on any atom is -0.316 e. The van der Waals surface area contributed by atoms with Gasteiger partial charge in [0, 0.05) is 18.3 Å². The van der Waals surface area contributed by atoms with Gasteiger partial charge in [-0.3, -0.25) is 0 Å². The van der Waals surface area contributed by atoms with Crippen molar-refractivity contribution in [3.8, 4) is 0 Å². The summed E-state index contributed by atoms with van der Waals surface area (Å²) in [6.07, 6.45) is -4.40. The van der Waals surface area contributed by atoms with E-state index in [1.54, 1.807) is 12.1 Å². The first kappa shape index (κ1) is 17.3. The second-order valence-electron chi connectivity index (χ2n) is 4.69. The van der Waals surface area contributed by atoms with E-state index in [4.69, 9.17) is 0 Å². The number of amides is 2. The maximum absolute atomic E-state index is 12.3. The number of hydrogen-bond donors (Lipinski definition) is 2. The summed E-state index contributed by atoms with van der Waals surface area (Å²) in [7, 11) is 1.83. The lowest BCUT2D eigenvalue weighted by atomic mass is 10.1. The van der Waals surface area contributed by atoms with Crippen molar-refractivity contribution in [1.29, 1.82) is 0 Å². The highest BCUT2D eigenvalue weighted by atomic mass is 19.4. The number of anilines is 1. The lowest BCUT2D eigenvalue weighted by Crippen LogP contribution is -2.41. The zero-order valence-electron chi connectivity index (χ0n) is 12.3. The summed E-state index contributed by atoms with van der Waals surface area (Å²) < 4.78 is 37.0. The van der Waals surface area contributed by atoms with E-state index in [1.807, 2.05) is 26.1 Å². The Morgan fingerprint density at radius 2 is 1.86 bits per heavy atom. The zero-order valence-corrected chi connectivity index (χ0v) is 12.3. The molecule has 0 bridgehead atoms. The van der Waals surface area contributed by atoms with Crippen LogP contribution in [0, 0.1) is 0 Å². The Morgan fingerprint density at radius 3 is 2.29 bits per heavy atom. The molecule has 2 amide bonds. The van der Waals surface area contributed by atoms with Crippen molar-refractivity contribution in [1.82, 2.24) is 10.2 Å². The molecule has 0 radical (unpaired) electrons. The van der Waals surface area contributed by atoms with Gasteiger partial charge < -0.3 is 15.5 Å². The molecule has 1 atom stereocenters. The molecule has 1 aromatic rings. The number of carbonyl (C=O) groups is 1. The fraction of sp³-hybridized carbons (Fsp3) is 0.500. The molecule has 0 aliphatic rings. The van der Waals surface area contributed by atoms with Crippen LogP contribution in [0.15, 0.2) is 24.3 Å². The first-order valence-electron chi connectivity index (χ1n) is 6.66. The van der Waals surface area contributed by atoms with Crippen molar-refractivity contribution in [3.05, 3.63) is 29.8 Å². The van der Waals surface area contributed by atoms with E-state index in [0.717, 1.165) is 5.56 Å². The molecule has 2 N–H and O–H groups in total. The normalized spacial score (nSPS) is 12.9. The first-order chi connectivity index (χ1) is 9.76. The zero-order chi connectivity index (χ0) is 16.0. The van der Waals surface area contributed by atoms with Gasteiger partial charge in [-0.25, -0.2) is 4.79 Å². The minimum atomic E-state index is -4.40. The molecule has 118 valence electrons. The van der Waals surface area contributed by atoms with Crippen molar-refractivity contribution in [2.24, 2.45) is 0 Å². The third kappa shape index (κ3) is 5.63. The number of nitrogens with one attached hydrogen (secondary N) is 2. The van der Waals surface area contributed by atoms with Gasteiger partial charge in [0.1, 0.15) is 6.54 Å². The lowest BCUT2D eigenvalue weighted by Gasteiger charge is -2.22. The standard InChI is InChI=1S/C14H20F3N3O/c1-4-20(9-14(15,16)17)13(21)19-12-7-5-11(6-8-12)10(2)18-3/h5-8,10,18H,4,9H2,1-3H3,(H,19,21). The molecular formula is C14H20F3N3O. The van der Waals surface area contributed by atoms with Crippen molar-refractivity contribution in [3.63, 3.8) is 0 Å². The predicted octanol–water partition coefficient (Wildman–Crippen LogP) is 3.38. The summed E-state index contributed by atoms with van der Waals surface area (Å²) in [6.45, 7) is 2.21. The Bertz CT molecular complexity index is 460. The second-order valence-corrected chi connectivity index (χ2v) is 4.69. The molecule has 0 spiro atoms.